The van der Waals surface area contributed by atoms with E-state index in [0.717, 1.165) is 24.2 Å². The maximum atomic E-state index is 13.0. The van der Waals surface area contributed by atoms with Crippen LogP contribution in [0.4, 0.5) is 30.5 Å². The summed E-state index contributed by atoms with van der Waals surface area (Å²) in [6.07, 6.45) is 2.75. The first-order valence-corrected chi connectivity index (χ1v) is 15.4. The fourth-order valence-electron chi connectivity index (χ4n) is 4.17. The van der Waals surface area contributed by atoms with Gasteiger partial charge in [-0.05, 0) is 86.6 Å². The quantitative estimate of drug-likeness (QED) is 0.148. The number of anilines is 3. The molecule has 4 rings (SSSR count). The van der Waals surface area contributed by atoms with Crippen molar-refractivity contribution in [1.82, 2.24) is 15.3 Å². The molecule has 1 unspecified atom stereocenters. The highest BCUT2D eigenvalue weighted by Gasteiger charge is 2.31. The van der Waals surface area contributed by atoms with Gasteiger partial charge in [0.25, 0.3) is 5.91 Å². The summed E-state index contributed by atoms with van der Waals surface area (Å²) >= 11 is 0. The molecule has 1 heterocycles. The predicted octanol–water partition coefficient (Wildman–Crippen LogP) is 6.82. The molecular weight excluding hydrogens is 591 g/mol. The zero-order chi connectivity index (χ0) is 31.7. The van der Waals surface area contributed by atoms with Crippen molar-refractivity contribution in [1.29, 1.82) is 0 Å². The van der Waals surface area contributed by atoms with E-state index in [0.29, 0.717) is 35.9 Å². The van der Waals surface area contributed by atoms with E-state index in [2.05, 4.69) is 25.9 Å². The highest BCUT2D eigenvalue weighted by molar-refractivity contribution is 7.92. The minimum atomic E-state index is -4.54. The maximum absolute atomic E-state index is 13.0. The molecule has 4 aromatic rings. The van der Waals surface area contributed by atoms with E-state index in [9.17, 15) is 26.4 Å². The molecule has 1 amide bonds. The van der Waals surface area contributed by atoms with Crippen molar-refractivity contribution in [3.8, 4) is 0 Å². The highest BCUT2D eigenvalue weighted by Crippen LogP contribution is 2.30. The number of nitrogens with zero attached hydrogens (tertiary/aromatic N) is 2. The first-order valence-electron chi connectivity index (χ1n) is 13.9. The van der Waals surface area contributed by atoms with E-state index < -0.39 is 32.7 Å². The van der Waals surface area contributed by atoms with Gasteiger partial charge in [0, 0.05) is 34.9 Å². The topological polar surface area (TPSA) is 113 Å². The van der Waals surface area contributed by atoms with Gasteiger partial charge in [-0.25, -0.2) is 18.4 Å². The summed E-state index contributed by atoms with van der Waals surface area (Å²) < 4.78 is 64.6. The first kappa shape index (κ1) is 32.4. The van der Waals surface area contributed by atoms with Crippen LogP contribution >= 0.6 is 0 Å². The van der Waals surface area contributed by atoms with Crippen molar-refractivity contribution in [2.24, 2.45) is 0 Å². The van der Waals surface area contributed by atoms with E-state index in [-0.39, 0.29) is 10.5 Å². The first-order chi connectivity index (χ1) is 21.0. The summed E-state index contributed by atoms with van der Waals surface area (Å²) in [5, 5.41) is 8.32. The molecule has 0 spiro atoms. The van der Waals surface area contributed by atoms with Crippen LogP contribution in [0, 0.1) is 0 Å². The number of carbonyl (C=O) groups excluding carboxylic acids is 1. The van der Waals surface area contributed by atoms with Gasteiger partial charge in [-0.2, -0.15) is 13.2 Å². The van der Waals surface area contributed by atoms with Crippen molar-refractivity contribution in [2.45, 2.75) is 36.6 Å². The minimum Gasteiger partial charge on any atom is -0.324 e. The number of aromatic nitrogens is 2. The number of nitrogens with one attached hydrogen (secondary N) is 3. The number of rotatable bonds is 12. The summed E-state index contributed by atoms with van der Waals surface area (Å²) in [7, 11) is -3.44. The summed E-state index contributed by atoms with van der Waals surface area (Å²) in [5.41, 5.74) is 1.50. The van der Waals surface area contributed by atoms with Crippen LogP contribution in [-0.2, 0) is 16.0 Å². The zero-order valence-electron chi connectivity index (χ0n) is 24.1. The van der Waals surface area contributed by atoms with Gasteiger partial charge in [0.1, 0.15) is 0 Å². The number of hydrogen-bond donors (Lipinski definition) is 3. The third kappa shape index (κ3) is 8.74. The molecule has 44 heavy (non-hydrogen) atoms. The van der Waals surface area contributed by atoms with Crippen molar-refractivity contribution in [3.63, 3.8) is 0 Å². The molecule has 0 aliphatic rings. The fraction of sp³-hybridized carbons (Fsp3) is 0.219. The van der Waals surface area contributed by atoms with Crippen molar-refractivity contribution in [3.05, 3.63) is 107 Å². The number of amides is 1. The third-order valence-corrected chi connectivity index (χ3v) is 8.91. The Morgan fingerprint density at radius 2 is 1.59 bits per heavy atom. The van der Waals surface area contributed by atoms with Crippen LogP contribution in [0.1, 0.15) is 47.3 Å². The Balaban J connectivity index is 1.35. The van der Waals surface area contributed by atoms with Crippen molar-refractivity contribution >= 4 is 45.2 Å². The number of sulfone groups is 1. The minimum absolute atomic E-state index is 0.0993. The lowest BCUT2D eigenvalue weighted by molar-refractivity contribution is -0.137. The second-order valence-electron chi connectivity index (χ2n) is 9.98. The molecule has 230 valence electrons. The Hall–Kier alpha value is -4.55. The molecule has 1 aromatic heterocycles. The summed E-state index contributed by atoms with van der Waals surface area (Å²) in [6.45, 7) is 5.11. The molecule has 8 nitrogen and oxygen atoms in total. The molecule has 0 fully saturated rings. The van der Waals surface area contributed by atoms with Crippen LogP contribution in [-0.4, -0.2) is 42.6 Å². The maximum Gasteiger partial charge on any atom is 0.416 e. The molecule has 3 aromatic carbocycles. The number of halogens is 3. The van der Waals surface area contributed by atoms with Gasteiger partial charge < -0.3 is 16.0 Å². The largest absolute Gasteiger partial charge is 0.416 e. The van der Waals surface area contributed by atoms with Crippen LogP contribution < -0.4 is 16.0 Å². The lowest BCUT2D eigenvalue weighted by Gasteiger charge is -2.14. The average Bonchev–Trinajstić information content (AvgIpc) is 3.01. The van der Waals surface area contributed by atoms with Crippen LogP contribution in [0.3, 0.4) is 0 Å². The van der Waals surface area contributed by atoms with Crippen molar-refractivity contribution < 1.29 is 26.4 Å². The SMILES string of the molecule is CCNCCC(C)S(=O)(=O)c1ccc(Nc2ncc(/C=C/c3cccc(NC(=O)c4cccc(C(F)(F)F)c4)c3)cn2)cc1. The Morgan fingerprint density at radius 1 is 0.909 bits per heavy atom. The van der Waals surface area contributed by atoms with Crippen LogP contribution in [0.5, 0.6) is 0 Å². The van der Waals surface area contributed by atoms with Crippen molar-refractivity contribution in [2.75, 3.05) is 23.7 Å². The Bertz CT molecular complexity index is 1710. The lowest BCUT2D eigenvalue weighted by atomic mass is 10.1. The normalized spacial score (nSPS) is 12.7. The Labute approximate surface area is 254 Å². The average molecular weight is 624 g/mol. The number of alkyl halides is 3. The number of benzene rings is 3. The van der Waals surface area contributed by atoms with Gasteiger partial charge in [0.15, 0.2) is 9.84 Å². The summed E-state index contributed by atoms with van der Waals surface area (Å²) in [4.78, 5) is 21.4. The van der Waals surface area contributed by atoms with Gasteiger partial charge in [-0.1, -0.05) is 37.3 Å². The summed E-state index contributed by atoms with van der Waals surface area (Å²) in [5.74, 6) is -0.324. The van der Waals surface area contributed by atoms with Gasteiger partial charge in [-0.3, -0.25) is 4.79 Å². The smallest absolute Gasteiger partial charge is 0.324 e. The molecule has 0 aliphatic carbocycles. The Kier molecular flexibility index (Phi) is 10.5. The van der Waals surface area contributed by atoms with E-state index in [1.54, 1.807) is 80.0 Å². The predicted molar refractivity (Wildman–Crippen MR) is 166 cm³/mol. The molecule has 0 aliphatic heterocycles. The van der Waals surface area contributed by atoms with Gasteiger partial charge in [0.2, 0.25) is 5.95 Å². The lowest BCUT2D eigenvalue weighted by Crippen LogP contribution is -2.24. The highest BCUT2D eigenvalue weighted by atomic mass is 32.2. The third-order valence-electron chi connectivity index (χ3n) is 6.68. The molecule has 1 atom stereocenters. The fourth-order valence-corrected chi connectivity index (χ4v) is 5.58. The molecular formula is C32H32F3N5O3S. The molecule has 0 radical (unpaired) electrons. The van der Waals surface area contributed by atoms with Crippen LogP contribution in [0.2, 0.25) is 0 Å². The van der Waals surface area contributed by atoms with Crippen LogP contribution in [0.25, 0.3) is 12.2 Å². The van der Waals surface area contributed by atoms with E-state index in [4.69, 9.17) is 0 Å². The second-order valence-corrected chi connectivity index (χ2v) is 12.3. The van der Waals surface area contributed by atoms with Gasteiger partial charge >= 0.3 is 6.18 Å². The molecule has 3 N–H and O–H groups in total. The zero-order valence-corrected chi connectivity index (χ0v) is 24.9. The van der Waals surface area contributed by atoms with E-state index >= 15 is 0 Å². The second kappa shape index (κ2) is 14.3. The van der Waals surface area contributed by atoms with Gasteiger partial charge in [-0.15, -0.1) is 0 Å². The number of hydrogen-bond acceptors (Lipinski definition) is 7. The monoisotopic (exact) mass is 623 g/mol. The summed E-state index contributed by atoms with van der Waals surface area (Å²) in [6, 6.07) is 17.5. The molecule has 12 heteroatoms. The molecule has 0 bridgehead atoms. The number of carbonyl (C=O) groups is 1. The van der Waals surface area contributed by atoms with E-state index in [1.165, 1.54) is 12.1 Å². The van der Waals surface area contributed by atoms with Gasteiger partial charge in [0.05, 0.1) is 15.7 Å². The standard InChI is InChI=1S/C32H32F3N5O3S/c1-3-36-17-16-22(2)44(42,43)29-14-12-27(13-15-29)40-31-37-20-24(21-38-31)11-10-23-6-4-9-28(18-23)39-30(41)25-7-5-8-26(19-25)32(33,34)35/h4-15,18-22,36H,3,16-17H2,1-2H3,(H,39,41)(H,37,38,40)/b11-10+. The molecule has 0 saturated heterocycles. The Morgan fingerprint density at radius 3 is 2.27 bits per heavy atom. The van der Waals surface area contributed by atoms with E-state index in [1.807, 2.05) is 6.92 Å². The van der Waals surface area contributed by atoms with Crippen LogP contribution in [0.15, 0.2) is 90.1 Å². The molecule has 0 saturated carbocycles.